The van der Waals surface area contributed by atoms with E-state index in [1.165, 1.54) is 18.2 Å². The lowest BCUT2D eigenvalue weighted by Gasteiger charge is -2.17. The van der Waals surface area contributed by atoms with Gasteiger partial charge in [0.05, 0.1) is 11.5 Å². The van der Waals surface area contributed by atoms with Gasteiger partial charge in [-0.3, -0.25) is 15.4 Å². The molecule has 1 amide bonds. The minimum Gasteiger partial charge on any atom is -0.449 e. The third-order valence-corrected chi connectivity index (χ3v) is 4.47. The fourth-order valence-corrected chi connectivity index (χ4v) is 3.34. The number of allylic oxidation sites excluding steroid dienone is 2. The number of ether oxygens (including phenoxy) is 1. The van der Waals surface area contributed by atoms with Crippen molar-refractivity contribution in [1.29, 1.82) is 0 Å². The highest BCUT2D eigenvalue weighted by molar-refractivity contribution is 6.31. The maximum atomic E-state index is 11.8. The van der Waals surface area contributed by atoms with Crippen LogP contribution in [0.25, 0.3) is 0 Å². The fraction of sp³-hybridized carbons (Fsp3) is 0.400. The van der Waals surface area contributed by atoms with Gasteiger partial charge in [0.2, 0.25) is 0 Å². The maximum absolute atomic E-state index is 11.8. The summed E-state index contributed by atoms with van der Waals surface area (Å²) >= 11 is 5.73. The minimum absolute atomic E-state index is 0.0761. The number of rotatable bonds is 4. The number of nitrogens with zero attached hydrogens (tertiary/aromatic N) is 1. The Morgan fingerprint density at radius 2 is 2.23 bits per heavy atom. The maximum Gasteiger partial charge on any atom is 0.411 e. The van der Waals surface area contributed by atoms with Crippen LogP contribution in [0, 0.1) is 27.9 Å². The number of benzene rings is 1. The van der Waals surface area contributed by atoms with E-state index < -0.39 is 11.0 Å². The Hall–Kier alpha value is -2.08. The zero-order valence-corrected chi connectivity index (χ0v) is 12.5. The van der Waals surface area contributed by atoms with Gasteiger partial charge in [0.25, 0.3) is 5.69 Å². The van der Waals surface area contributed by atoms with Crippen molar-refractivity contribution in [3.63, 3.8) is 0 Å². The molecule has 0 aromatic heterocycles. The first kappa shape index (κ1) is 14.8. The predicted octanol–water partition coefficient (Wildman–Crippen LogP) is 4.01. The summed E-state index contributed by atoms with van der Waals surface area (Å²) in [4.78, 5) is 22.2. The highest BCUT2D eigenvalue weighted by Crippen LogP contribution is 2.43. The summed E-state index contributed by atoms with van der Waals surface area (Å²) in [6, 6.07) is 4.06. The molecule has 1 aromatic rings. The molecule has 0 unspecified atom stereocenters. The Kier molecular flexibility index (Phi) is 4.02. The first-order valence-electron chi connectivity index (χ1n) is 7.09. The van der Waals surface area contributed by atoms with E-state index in [0.717, 1.165) is 12.8 Å². The van der Waals surface area contributed by atoms with Crippen LogP contribution in [-0.2, 0) is 4.74 Å². The molecule has 2 aliphatic rings. The number of nitro benzene ring substituents is 1. The topological polar surface area (TPSA) is 81.5 Å². The highest BCUT2D eigenvalue weighted by Gasteiger charge is 2.36. The molecule has 3 rings (SSSR count). The van der Waals surface area contributed by atoms with Crippen LogP contribution in [0.3, 0.4) is 0 Å². The number of nitro groups is 1. The van der Waals surface area contributed by atoms with Crippen molar-refractivity contribution < 1.29 is 14.5 Å². The Balaban J connectivity index is 1.58. The molecule has 2 aliphatic carbocycles. The van der Waals surface area contributed by atoms with Crippen LogP contribution < -0.4 is 5.32 Å². The summed E-state index contributed by atoms with van der Waals surface area (Å²) in [5, 5.41) is 13.6. The standard InChI is InChI=1S/C15H15ClN2O4/c16-12-3-4-13(14(7-12)18(20)21)17-15(19)22-8-11-6-9-1-2-10(11)5-9/h1-4,7,9-11H,5-6,8H2,(H,17,19)/t9-,10-,11+/m0/s1. The largest absolute Gasteiger partial charge is 0.449 e. The molecule has 0 saturated heterocycles. The van der Waals surface area contributed by atoms with Gasteiger partial charge in [-0.25, -0.2) is 4.79 Å². The molecule has 116 valence electrons. The van der Waals surface area contributed by atoms with Gasteiger partial charge in [-0.15, -0.1) is 0 Å². The van der Waals surface area contributed by atoms with E-state index in [1.807, 2.05) is 0 Å². The van der Waals surface area contributed by atoms with E-state index in [-0.39, 0.29) is 16.4 Å². The second kappa shape index (κ2) is 5.96. The van der Waals surface area contributed by atoms with E-state index in [0.29, 0.717) is 24.4 Å². The Bertz CT molecular complexity index is 646. The number of carbonyl (C=O) groups excluding carboxylic acids is 1. The van der Waals surface area contributed by atoms with Crippen LogP contribution in [0.2, 0.25) is 5.02 Å². The molecule has 0 spiro atoms. The Morgan fingerprint density at radius 3 is 2.86 bits per heavy atom. The number of amides is 1. The van der Waals surface area contributed by atoms with E-state index in [1.54, 1.807) is 0 Å². The molecule has 22 heavy (non-hydrogen) atoms. The van der Waals surface area contributed by atoms with Crippen molar-refractivity contribution >= 4 is 29.1 Å². The Labute approximate surface area is 132 Å². The van der Waals surface area contributed by atoms with Gasteiger partial charge in [0, 0.05) is 17.0 Å². The molecule has 0 radical (unpaired) electrons. The number of nitrogens with one attached hydrogen (secondary N) is 1. The van der Waals surface area contributed by atoms with Crippen LogP contribution in [0.1, 0.15) is 12.8 Å². The van der Waals surface area contributed by atoms with Crippen LogP contribution in [0.15, 0.2) is 30.4 Å². The number of fused-ring (bicyclic) bond motifs is 2. The van der Waals surface area contributed by atoms with Crippen molar-refractivity contribution in [1.82, 2.24) is 0 Å². The molecule has 0 heterocycles. The zero-order valence-electron chi connectivity index (χ0n) is 11.7. The van der Waals surface area contributed by atoms with Gasteiger partial charge < -0.3 is 4.74 Å². The molecule has 1 N–H and O–H groups in total. The minimum atomic E-state index is -0.683. The quantitative estimate of drug-likeness (QED) is 0.516. The second-order valence-electron chi connectivity index (χ2n) is 5.68. The van der Waals surface area contributed by atoms with E-state index in [9.17, 15) is 14.9 Å². The van der Waals surface area contributed by atoms with Crippen molar-refractivity contribution in [2.45, 2.75) is 12.8 Å². The molecule has 1 aromatic carbocycles. The molecular formula is C15H15ClN2O4. The number of anilines is 1. The summed E-state index contributed by atoms with van der Waals surface area (Å²) < 4.78 is 5.21. The SMILES string of the molecule is O=C(Nc1ccc(Cl)cc1[N+](=O)[O-])OC[C@H]1C[C@H]2C=C[C@H]1C2. The summed E-state index contributed by atoms with van der Waals surface area (Å²) in [6.07, 6.45) is 5.90. The van der Waals surface area contributed by atoms with Gasteiger partial charge in [-0.1, -0.05) is 23.8 Å². The normalized spacial score (nSPS) is 25.2. The Morgan fingerprint density at radius 1 is 1.41 bits per heavy atom. The van der Waals surface area contributed by atoms with Crippen molar-refractivity contribution in [2.24, 2.45) is 17.8 Å². The summed E-state index contributed by atoms with van der Waals surface area (Å²) in [5.41, 5.74) is -0.181. The summed E-state index contributed by atoms with van der Waals surface area (Å²) in [6.45, 7) is 0.332. The van der Waals surface area contributed by atoms with Gasteiger partial charge in [-0.05, 0) is 36.8 Å². The van der Waals surface area contributed by atoms with Gasteiger partial charge in [0.1, 0.15) is 5.69 Å². The lowest BCUT2D eigenvalue weighted by atomic mass is 9.95. The van der Waals surface area contributed by atoms with E-state index in [4.69, 9.17) is 16.3 Å². The second-order valence-corrected chi connectivity index (χ2v) is 6.12. The van der Waals surface area contributed by atoms with Crippen LogP contribution >= 0.6 is 11.6 Å². The molecule has 1 fully saturated rings. The molecular weight excluding hydrogens is 308 g/mol. The van der Waals surface area contributed by atoms with Crippen LogP contribution in [0.4, 0.5) is 16.2 Å². The monoisotopic (exact) mass is 322 g/mol. The molecule has 1 saturated carbocycles. The summed E-state index contributed by atoms with van der Waals surface area (Å²) in [7, 11) is 0. The first-order chi connectivity index (χ1) is 10.5. The molecule has 0 aliphatic heterocycles. The lowest BCUT2D eigenvalue weighted by Crippen LogP contribution is -2.21. The van der Waals surface area contributed by atoms with E-state index >= 15 is 0 Å². The first-order valence-corrected chi connectivity index (χ1v) is 7.47. The number of halogens is 1. The van der Waals surface area contributed by atoms with Gasteiger partial charge in [-0.2, -0.15) is 0 Å². The lowest BCUT2D eigenvalue weighted by molar-refractivity contribution is -0.383. The van der Waals surface area contributed by atoms with Crippen LogP contribution in [-0.4, -0.2) is 17.6 Å². The van der Waals surface area contributed by atoms with E-state index in [2.05, 4.69) is 17.5 Å². The van der Waals surface area contributed by atoms with Gasteiger partial charge in [0.15, 0.2) is 0 Å². The number of hydrogen-bond acceptors (Lipinski definition) is 4. The number of hydrogen-bond donors (Lipinski definition) is 1. The third-order valence-electron chi connectivity index (χ3n) is 4.24. The van der Waals surface area contributed by atoms with Gasteiger partial charge >= 0.3 is 6.09 Å². The summed E-state index contributed by atoms with van der Waals surface area (Å²) in [5.74, 6) is 1.45. The smallest absolute Gasteiger partial charge is 0.411 e. The van der Waals surface area contributed by atoms with Crippen molar-refractivity contribution in [2.75, 3.05) is 11.9 Å². The van der Waals surface area contributed by atoms with Crippen molar-refractivity contribution in [3.05, 3.63) is 45.5 Å². The zero-order chi connectivity index (χ0) is 15.7. The third kappa shape index (κ3) is 3.06. The molecule has 7 heteroatoms. The predicted molar refractivity (Wildman–Crippen MR) is 81.9 cm³/mol. The molecule has 6 nitrogen and oxygen atoms in total. The fourth-order valence-electron chi connectivity index (χ4n) is 3.18. The van der Waals surface area contributed by atoms with Crippen LogP contribution in [0.5, 0.6) is 0 Å². The average molecular weight is 323 g/mol. The average Bonchev–Trinajstić information content (AvgIpc) is 3.09. The molecule has 3 atom stereocenters. The molecule has 2 bridgehead atoms. The highest BCUT2D eigenvalue weighted by atomic mass is 35.5. The number of carbonyl (C=O) groups is 1. The van der Waals surface area contributed by atoms with Crippen molar-refractivity contribution in [3.8, 4) is 0 Å².